The number of hydrogen-bond donors (Lipinski definition) is 0. The van der Waals surface area contributed by atoms with E-state index in [2.05, 4.69) is 46.3 Å². The normalized spacial score (nSPS) is 16.2. The van der Waals surface area contributed by atoms with Gasteiger partial charge in [0.2, 0.25) is 0 Å². The number of fused-ring (bicyclic) bond motifs is 1. The van der Waals surface area contributed by atoms with Crippen molar-refractivity contribution in [2.45, 2.75) is 25.8 Å². The molecule has 1 aliphatic rings. The van der Waals surface area contributed by atoms with Gasteiger partial charge in [-0.05, 0) is 55.3 Å². The van der Waals surface area contributed by atoms with Gasteiger partial charge in [-0.3, -0.25) is 9.88 Å². The lowest BCUT2D eigenvalue weighted by Crippen LogP contribution is -2.28. The molecule has 0 atom stereocenters. The van der Waals surface area contributed by atoms with Gasteiger partial charge in [-0.1, -0.05) is 30.7 Å². The van der Waals surface area contributed by atoms with Crippen molar-refractivity contribution in [1.82, 2.24) is 9.88 Å². The lowest BCUT2D eigenvalue weighted by atomic mass is 10.1. The summed E-state index contributed by atoms with van der Waals surface area (Å²) in [4.78, 5) is 8.30. The van der Waals surface area contributed by atoms with Crippen LogP contribution < -0.4 is 0 Å². The average molecular weight is 308 g/mol. The Bertz CT molecular complexity index is 721. The van der Waals surface area contributed by atoms with Crippen molar-refractivity contribution in [2.24, 2.45) is 0 Å². The first-order valence-corrected chi connectivity index (χ1v) is 8.86. The van der Waals surface area contributed by atoms with Crippen molar-refractivity contribution in [3.05, 3.63) is 54.2 Å². The summed E-state index contributed by atoms with van der Waals surface area (Å²) in [5.74, 6) is 0. The molecule has 2 nitrogen and oxygen atoms in total. The minimum Gasteiger partial charge on any atom is -0.299 e. The summed E-state index contributed by atoms with van der Waals surface area (Å²) in [6, 6.07) is 15.4. The van der Waals surface area contributed by atoms with Gasteiger partial charge in [-0.2, -0.15) is 0 Å². The van der Waals surface area contributed by atoms with Gasteiger partial charge in [0.05, 0.1) is 10.2 Å². The molecule has 0 bridgehead atoms. The maximum Gasteiger partial charge on any atom is 0.0816 e. The molecule has 1 aliphatic heterocycles. The Balaban J connectivity index is 1.53. The van der Waals surface area contributed by atoms with Crippen molar-refractivity contribution >= 4 is 21.6 Å². The Morgan fingerprint density at radius 3 is 2.59 bits per heavy atom. The molecule has 2 aromatic heterocycles. The van der Waals surface area contributed by atoms with Crippen LogP contribution in [0.15, 0.2) is 48.7 Å². The summed E-state index contributed by atoms with van der Waals surface area (Å²) in [7, 11) is 0. The lowest BCUT2D eigenvalue weighted by Gasteiger charge is -2.26. The Hall–Kier alpha value is -1.71. The number of rotatable bonds is 3. The van der Waals surface area contributed by atoms with E-state index < -0.39 is 0 Å². The van der Waals surface area contributed by atoms with E-state index in [0.29, 0.717) is 0 Å². The zero-order valence-corrected chi connectivity index (χ0v) is 13.5. The van der Waals surface area contributed by atoms with Crippen LogP contribution in [0.2, 0.25) is 0 Å². The Kier molecular flexibility index (Phi) is 3.92. The molecule has 4 rings (SSSR count). The monoisotopic (exact) mass is 308 g/mol. The van der Waals surface area contributed by atoms with Gasteiger partial charge in [0.15, 0.2) is 0 Å². The molecule has 3 heteroatoms. The summed E-state index contributed by atoms with van der Waals surface area (Å²) in [6.45, 7) is 3.60. The summed E-state index contributed by atoms with van der Waals surface area (Å²) in [5, 5.41) is 0. The van der Waals surface area contributed by atoms with Crippen LogP contribution in [0.4, 0.5) is 0 Å². The molecule has 0 unspecified atom stereocenters. The lowest BCUT2D eigenvalue weighted by molar-refractivity contribution is 0.221. The second-order valence-electron chi connectivity index (χ2n) is 6.03. The third kappa shape index (κ3) is 2.92. The van der Waals surface area contributed by atoms with Crippen LogP contribution >= 0.6 is 11.3 Å². The van der Waals surface area contributed by atoms with Crippen LogP contribution in [-0.4, -0.2) is 23.0 Å². The van der Waals surface area contributed by atoms with Crippen LogP contribution in [-0.2, 0) is 6.54 Å². The number of hydrogen-bond acceptors (Lipinski definition) is 3. The number of likely N-dealkylation sites (tertiary alicyclic amines) is 1. The fraction of sp³-hybridized carbons (Fsp3) is 0.316. The van der Waals surface area contributed by atoms with E-state index in [1.807, 2.05) is 23.6 Å². The molecule has 22 heavy (non-hydrogen) atoms. The van der Waals surface area contributed by atoms with E-state index in [1.165, 1.54) is 53.1 Å². The van der Waals surface area contributed by atoms with Crippen LogP contribution in [0, 0.1) is 0 Å². The fourth-order valence-electron chi connectivity index (χ4n) is 3.16. The molecular formula is C19H20N2S. The summed E-state index contributed by atoms with van der Waals surface area (Å²) < 4.78 is 1.26. The van der Waals surface area contributed by atoms with Crippen LogP contribution in [0.1, 0.15) is 24.8 Å². The van der Waals surface area contributed by atoms with E-state index in [0.717, 1.165) is 12.1 Å². The van der Waals surface area contributed by atoms with E-state index in [9.17, 15) is 0 Å². The molecular weight excluding hydrogens is 288 g/mol. The number of pyridine rings is 1. The van der Waals surface area contributed by atoms with E-state index in [-0.39, 0.29) is 0 Å². The molecule has 1 aromatic carbocycles. The number of piperidine rings is 1. The second-order valence-corrected chi connectivity index (χ2v) is 7.11. The van der Waals surface area contributed by atoms with Gasteiger partial charge >= 0.3 is 0 Å². The topological polar surface area (TPSA) is 16.1 Å². The zero-order chi connectivity index (χ0) is 14.8. The molecule has 3 aromatic rings. The van der Waals surface area contributed by atoms with Crippen molar-refractivity contribution < 1.29 is 0 Å². The minimum atomic E-state index is 1.09. The Morgan fingerprint density at radius 2 is 1.82 bits per heavy atom. The smallest absolute Gasteiger partial charge is 0.0816 e. The van der Waals surface area contributed by atoms with Crippen molar-refractivity contribution in [3.63, 3.8) is 0 Å². The standard InChI is InChI=1S/C19H20N2S/c1-2-11-21(12-3-1)14-15-6-8-16(9-7-15)19-13-17-18(22-19)5-4-10-20-17/h4-10,13H,1-3,11-12,14H2. The van der Waals surface area contributed by atoms with Gasteiger partial charge in [0, 0.05) is 17.6 Å². The highest BCUT2D eigenvalue weighted by Gasteiger charge is 2.10. The zero-order valence-electron chi connectivity index (χ0n) is 12.7. The van der Waals surface area contributed by atoms with E-state index in [1.54, 1.807) is 0 Å². The summed E-state index contributed by atoms with van der Waals surface area (Å²) >= 11 is 1.82. The third-order valence-electron chi connectivity index (χ3n) is 4.38. The van der Waals surface area contributed by atoms with Gasteiger partial charge in [0.25, 0.3) is 0 Å². The van der Waals surface area contributed by atoms with Crippen LogP contribution in [0.25, 0.3) is 20.7 Å². The second kappa shape index (κ2) is 6.19. The average Bonchev–Trinajstić information content (AvgIpc) is 3.00. The molecule has 0 aliphatic carbocycles. The number of thiophene rings is 1. The molecule has 0 N–H and O–H groups in total. The molecule has 3 heterocycles. The predicted molar refractivity (Wildman–Crippen MR) is 94.2 cm³/mol. The molecule has 1 fully saturated rings. The highest BCUT2D eigenvalue weighted by atomic mass is 32.1. The molecule has 1 saturated heterocycles. The first kappa shape index (κ1) is 13.9. The maximum absolute atomic E-state index is 4.43. The molecule has 0 amide bonds. The summed E-state index contributed by atoms with van der Waals surface area (Å²) in [5.41, 5.74) is 3.81. The van der Waals surface area contributed by atoms with Gasteiger partial charge < -0.3 is 0 Å². The summed E-state index contributed by atoms with van der Waals surface area (Å²) in [6.07, 6.45) is 5.97. The van der Waals surface area contributed by atoms with Crippen LogP contribution in [0.5, 0.6) is 0 Å². The van der Waals surface area contributed by atoms with Crippen LogP contribution in [0.3, 0.4) is 0 Å². The first-order valence-electron chi connectivity index (χ1n) is 8.05. The molecule has 112 valence electrons. The van der Waals surface area contributed by atoms with Crippen molar-refractivity contribution in [1.29, 1.82) is 0 Å². The fourth-order valence-corrected chi connectivity index (χ4v) is 4.19. The maximum atomic E-state index is 4.43. The predicted octanol–water partition coefficient (Wildman–Crippen LogP) is 4.95. The van der Waals surface area contributed by atoms with Crippen molar-refractivity contribution in [2.75, 3.05) is 13.1 Å². The first-order chi connectivity index (χ1) is 10.9. The van der Waals surface area contributed by atoms with E-state index >= 15 is 0 Å². The van der Waals surface area contributed by atoms with Gasteiger partial charge in [-0.15, -0.1) is 11.3 Å². The van der Waals surface area contributed by atoms with Gasteiger partial charge in [0.1, 0.15) is 0 Å². The highest BCUT2D eigenvalue weighted by molar-refractivity contribution is 7.22. The Morgan fingerprint density at radius 1 is 1.00 bits per heavy atom. The molecule has 0 radical (unpaired) electrons. The number of nitrogens with zero attached hydrogens (tertiary/aromatic N) is 2. The number of aromatic nitrogens is 1. The van der Waals surface area contributed by atoms with Crippen molar-refractivity contribution in [3.8, 4) is 10.4 Å². The van der Waals surface area contributed by atoms with E-state index in [4.69, 9.17) is 0 Å². The van der Waals surface area contributed by atoms with Gasteiger partial charge in [-0.25, -0.2) is 0 Å². The third-order valence-corrected chi connectivity index (χ3v) is 5.52. The highest BCUT2D eigenvalue weighted by Crippen LogP contribution is 2.32. The SMILES string of the molecule is c1cnc2cc(-c3ccc(CN4CCCCC4)cc3)sc2c1. The molecule has 0 saturated carbocycles. The number of benzene rings is 1. The largest absolute Gasteiger partial charge is 0.299 e. The molecule has 0 spiro atoms. The quantitative estimate of drug-likeness (QED) is 0.680. The minimum absolute atomic E-state index is 1.09. The Labute approximate surface area is 135 Å².